The molecule has 140 valence electrons. The molecule has 1 saturated carbocycles. The van der Waals surface area contributed by atoms with E-state index in [0.29, 0.717) is 37.1 Å². The standard InChI is InChI=1S/C21H22ClN3O2/c1-14-2-5-16(6-3-14)21-10-17(21)12-25(13-21)20(27)19(26)23-9-8-15-4-7-18(22)24-11-15/h2-7,11,17H,8-10,12-13H2,1H3,(H,23,26)/t17-,21+/m0/s1. The zero-order valence-corrected chi connectivity index (χ0v) is 16.0. The lowest BCUT2D eigenvalue weighted by atomic mass is 9.94. The number of aromatic nitrogens is 1. The molecule has 5 nitrogen and oxygen atoms in total. The zero-order valence-electron chi connectivity index (χ0n) is 15.2. The second-order valence-corrected chi connectivity index (χ2v) is 7.99. The molecule has 0 bridgehead atoms. The second kappa shape index (κ2) is 6.97. The minimum Gasteiger partial charge on any atom is -0.347 e. The van der Waals surface area contributed by atoms with Crippen LogP contribution in [0.2, 0.25) is 5.15 Å². The van der Waals surface area contributed by atoms with Crippen molar-refractivity contribution in [2.75, 3.05) is 19.6 Å². The summed E-state index contributed by atoms with van der Waals surface area (Å²) < 4.78 is 0. The van der Waals surface area contributed by atoms with Gasteiger partial charge in [-0.2, -0.15) is 0 Å². The van der Waals surface area contributed by atoms with Crippen molar-refractivity contribution in [2.24, 2.45) is 5.92 Å². The molecule has 2 atom stereocenters. The van der Waals surface area contributed by atoms with Crippen molar-refractivity contribution in [3.63, 3.8) is 0 Å². The summed E-state index contributed by atoms with van der Waals surface area (Å²) in [6.07, 6.45) is 3.39. The summed E-state index contributed by atoms with van der Waals surface area (Å²) in [6.45, 7) is 3.77. The predicted molar refractivity (Wildman–Crippen MR) is 104 cm³/mol. The number of carbonyl (C=O) groups is 2. The molecular formula is C21H22ClN3O2. The summed E-state index contributed by atoms with van der Waals surface area (Å²) in [4.78, 5) is 30.5. The van der Waals surface area contributed by atoms with Gasteiger partial charge in [0.05, 0.1) is 0 Å². The predicted octanol–water partition coefficient (Wildman–Crippen LogP) is 2.50. The maximum atomic E-state index is 12.5. The van der Waals surface area contributed by atoms with Crippen LogP contribution in [-0.4, -0.2) is 41.3 Å². The van der Waals surface area contributed by atoms with Crippen molar-refractivity contribution in [1.82, 2.24) is 15.2 Å². The first-order valence-corrected chi connectivity index (χ1v) is 9.60. The number of fused-ring (bicyclic) bond motifs is 1. The highest BCUT2D eigenvalue weighted by Gasteiger charge is 2.61. The van der Waals surface area contributed by atoms with Gasteiger partial charge in [-0.05, 0) is 42.9 Å². The van der Waals surface area contributed by atoms with Crippen LogP contribution < -0.4 is 5.32 Å². The van der Waals surface area contributed by atoms with Crippen LogP contribution in [0.5, 0.6) is 0 Å². The van der Waals surface area contributed by atoms with Gasteiger partial charge in [0.15, 0.2) is 0 Å². The molecule has 0 spiro atoms. The highest BCUT2D eigenvalue weighted by Crippen LogP contribution is 2.58. The SMILES string of the molecule is Cc1ccc([C@]23C[C@H]2CN(C(=O)C(=O)NCCc2ccc(Cl)nc2)C3)cc1. The van der Waals surface area contributed by atoms with E-state index in [2.05, 4.69) is 41.5 Å². The Labute approximate surface area is 163 Å². The molecule has 2 aromatic rings. The van der Waals surface area contributed by atoms with Crippen LogP contribution in [0.1, 0.15) is 23.1 Å². The largest absolute Gasteiger partial charge is 0.347 e. The molecule has 0 unspecified atom stereocenters. The monoisotopic (exact) mass is 383 g/mol. The Morgan fingerprint density at radius 3 is 2.74 bits per heavy atom. The number of hydrogen-bond donors (Lipinski definition) is 1. The number of piperidine rings is 1. The number of rotatable bonds is 4. The van der Waals surface area contributed by atoms with Gasteiger partial charge in [-0.3, -0.25) is 9.59 Å². The topological polar surface area (TPSA) is 62.3 Å². The normalized spacial score (nSPS) is 23.0. The lowest BCUT2D eigenvalue weighted by Gasteiger charge is -2.21. The van der Waals surface area contributed by atoms with Crippen molar-refractivity contribution < 1.29 is 9.59 Å². The van der Waals surface area contributed by atoms with Crippen LogP contribution in [0.25, 0.3) is 0 Å². The molecule has 2 heterocycles. The molecule has 4 rings (SSSR count). The van der Waals surface area contributed by atoms with E-state index in [4.69, 9.17) is 11.6 Å². The average molecular weight is 384 g/mol. The van der Waals surface area contributed by atoms with Gasteiger partial charge in [0.1, 0.15) is 5.15 Å². The van der Waals surface area contributed by atoms with Crippen LogP contribution in [0.15, 0.2) is 42.6 Å². The van der Waals surface area contributed by atoms with E-state index >= 15 is 0 Å². The molecular weight excluding hydrogens is 362 g/mol. The number of carbonyl (C=O) groups excluding carboxylic acids is 2. The Kier molecular flexibility index (Phi) is 4.64. The smallest absolute Gasteiger partial charge is 0.311 e. The molecule has 2 aliphatic rings. The summed E-state index contributed by atoms with van der Waals surface area (Å²) in [5.41, 5.74) is 3.53. The van der Waals surface area contributed by atoms with Gasteiger partial charge in [-0.25, -0.2) is 4.98 Å². The molecule has 0 radical (unpaired) electrons. The van der Waals surface area contributed by atoms with E-state index in [9.17, 15) is 9.59 Å². The van der Waals surface area contributed by atoms with Crippen molar-refractivity contribution in [2.45, 2.75) is 25.2 Å². The molecule has 27 heavy (non-hydrogen) atoms. The van der Waals surface area contributed by atoms with Crippen LogP contribution in [0.4, 0.5) is 0 Å². The number of likely N-dealkylation sites (tertiary alicyclic amines) is 1. The van der Waals surface area contributed by atoms with Crippen molar-refractivity contribution >= 4 is 23.4 Å². The summed E-state index contributed by atoms with van der Waals surface area (Å²) in [5.74, 6) is -0.489. The Morgan fingerprint density at radius 2 is 2.04 bits per heavy atom. The Morgan fingerprint density at radius 1 is 1.26 bits per heavy atom. The van der Waals surface area contributed by atoms with E-state index in [0.717, 1.165) is 12.0 Å². The van der Waals surface area contributed by atoms with Crippen LogP contribution in [0, 0.1) is 12.8 Å². The average Bonchev–Trinajstić information content (AvgIpc) is 3.24. The van der Waals surface area contributed by atoms with E-state index < -0.39 is 11.8 Å². The van der Waals surface area contributed by atoms with E-state index in [-0.39, 0.29) is 5.41 Å². The van der Waals surface area contributed by atoms with E-state index in [1.807, 2.05) is 6.07 Å². The van der Waals surface area contributed by atoms with Gasteiger partial charge in [0.25, 0.3) is 0 Å². The molecule has 1 aliphatic heterocycles. The summed E-state index contributed by atoms with van der Waals surface area (Å²) >= 11 is 5.76. The number of halogens is 1. The van der Waals surface area contributed by atoms with Gasteiger partial charge < -0.3 is 10.2 Å². The van der Waals surface area contributed by atoms with Gasteiger partial charge >= 0.3 is 11.8 Å². The Balaban J connectivity index is 1.30. The summed E-state index contributed by atoms with van der Waals surface area (Å²) in [5, 5.41) is 3.16. The first-order valence-electron chi connectivity index (χ1n) is 9.23. The van der Waals surface area contributed by atoms with Crippen LogP contribution in [-0.2, 0) is 21.4 Å². The minimum atomic E-state index is -0.530. The summed E-state index contributed by atoms with van der Waals surface area (Å²) in [6, 6.07) is 12.1. The van der Waals surface area contributed by atoms with Gasteiger partial charge in [0, 0.05) is 31.2 Å². The Bertz CT molecular complexity index is 866. The maximum Gasteiger partial charge on any atom is 0.311 e. The third kappa shape index (κ3) is 3.56. The number of nitrogens with zero attached hydrogens (tertiary/aromatic N) is 2. The van der Waals surface area contributed by atoms with Crippen molar-refractivity contribution in [1.29, 1.82) is 0 Å². The number of pyridine rings is 1. The molecule has 6 heteroatoms. The number of hydrogen-bond acceptors (Lipinski definition) is 3. The molecule has 1 aromatic carbocycles. The first kappa shape index (κ1) is 18.0. The fourth-order valence-corrected chi connectivity index (χ4v) is 4.18. The molecule has 1 N–H and O–H groups in total. The number of amides is 2. The lowest BCUT2D eigenvalue weighted by molar-refractivity contribution is -0.145. The third-order valence-electron chi connectivity index (χ3n) is 5.74. The lowest BCUT2D eigenvalue weighted by Crippen LogP contribution is -2.44. The zero-order chi connectivity index (χ0) is 19.0. The van der Waals surface area contributed by atoms with E-state index in [1.165, 1.54) is 11.1 Å². The van der Waals surface area contributed by atoms with Gasteiger partial charge in [-0.15, -0.1) is 0 Å². The Hall–Kier alpha value is -2.40. The maximum absolute atomic E-state index is 12.5. The number of aryl methyl sites for hydroxylation is 1. The molecule has 1 saturated heterocycles. The highest BCUT2D eigenvalue weighted by atomic mass is 35.5. The second-order valence-electron chi connectivity index (χ2n) is 7.60. The van der Waals surface area contributed by atoms with Gasteiger partial charge in [0.2, 0.25) is 0 Å². The molecule has 2 amide bonds. The third-order valence-corrected chi connectivity index (χ3v) is 5.97. The fraction of sp³-hybridized carbons (Fsp3) is 0.381. The van der Waals surface area contributed by atoms with Gasteiger partial charge in [-0.1, -0.05) is 47.5 Å². The van der Waals surface area contributed by atoms with Crippen LogP contribution >= 0.6 is 11.6 Å². The summed E-state index contributed by atoms with van der Waals surface area (Å²) in [7, 11) is 0. The highest BCUT2D eigenvalue weighted by molar-refractivity contribution is 6.35. The number of nitrogens with one attached hydrogen (secondary N) is 1. The van der Waals surface area contributed by atoms with Crippen molar-refractivity contribution in [3.8, 4) is 0 Å². The van der Waals surface area contributed by atoms with E-state index in [1.54, 1.807) is 17.2 Å². The quantitative estimate of drug-likeness (QED) is 0.651. The molecule has 1 aromatic heterocycles. The van der Waals surface area contributed by atoms with Crippen molar-refractivity contribution in [3.05, 3.63) is 64.4 Å². The minimum absolute atomic E-state index is 0.0542. The molecule has 1 aliphatic carbocycles. The fourth-order valence-electron chi connectivity index (χ4n) is 4.06. The number of benzene rings is 1. The molecule has 2 fully saturated rings. The van der Waals surface area contributed by atoms with Crippen LogP contribution in [0.3, 0.4) is 0 Å². The first-order chi connectivity index (χ1) is 13.0.